The molecule has 0 saturated heterocycles. The Balaban J connectivity index is 1.30. The van der Waals surface area contributed by atoms with Gasteiger partial charge in [-0.15, -0.1) is 0 Å². The van der Waals surface area contributed by atoms with E-state index in [1.54, 1.807) is 48.5 Å². The second-order valence-electron chi connectivity index (χ2n) is 15.7. The van der Waals surface area contributed by atoms with Crippen molar-refractivity contribution >= 4 is 21.8 Å². The van der Waals surface area contributed by atoms with Gasteiger partial charge in [-0.2, -0.15) is 36.9 Å². The summed E-state index contributed by atoms with van der Waals surface area (Å²) in [5.41, 5.74) is 4.33. The standard InChI is InChI=1S/C55H30F6N6/c56-54(57,58)43-25-42(26-44(30-43)55(59,60)61)41-17-20-45(53-65-51(35-11-3-1-4-12-35)64-52(66-53)36-13-5-2-6-14-36)50(29-41)67-48-21-18-39(37-15-7-9-33(23-37)31-62)27-46(48)47-28-40(19-22-49(47)67)38-16-8-10-34(24-38)32-63/h1-30H. The van der Waals surface area contributed by atoms with Gasteiger partial charge < -0.3 is 4.57 Å². The number of fused-ring (bicyclic) bond motifs is 3. The summed E-state index contributed by atoms with van der Waals surface area (Å²) in [7, 11) is 0. The number of rotatable bonds is 7. The molecule has 10 aromatic rings. The van der Waals surface area contributed by atoms with Gasteiger partial charge in [0.05, 0.1) is 51.1 Å². The molecule has 0 unspecified atom stereocenters. The van der Waals surface area contributed by atoms with Crippen LogP contribution in [0.15, 0.2) is 182 Å². The van der Waals surface area contributed by atoms with Crippen LogP contribution in [-0.2, 0) is 12.4 Å². The summed E-state index contributed by atoms with van der Waals surface area (Å²) in [6, 6.07) is 54.9. The molecule has 0 N–H and O–H groups in total. The maximum absolute atomic E-state index is 14.3. The number of halogens is 6. The zero-order valence-electron chi connectivity index (χ0n) is 34.8. The number of aromatic nitrogens is 4. The Morgan fingerprint density at radius 1 is 0.373 bits per heavy atom. The predicted molar refractivity (Wildman–Crippen MR) is 246 cm³/mol. The Hall–Kier alpha value is -8.87. The van der Waals surface area contributed by atoms with E-state index in [4.69, 9.17) is 15.0 Å². The number of hydrogen-bond donors (Lipinski definition) is 0. The molecule has 0 saturated carbocycles. The van der Waals surface area contributed by atoms with Crippen LogP contribution >= 0.6 is 0 Å². The molecular weight excluding hydrogens is 859 g/mol. The normalized spacial score (nSPS) is 11.7. The summed E-state index contributed by atoms with van der Waals surface area (Å²) in [6.07, 6.45) is -10.2. The molecule has 0 aliphatic carbocycles. The van der Waals surface area contributed by atoms with Crippen molar-refractivity contribution in [3.05, 3.63) is 204 Å². The van der Waals surface area contributed by atoms with Crippen LogP contribution in [0.5, 0.6) is 0 Å². The maximum atomic E-state index is 14.3. The summed E-state index contributed by atoms with van der Waals surface area (Å²) in [5.74, 6) is 0.866. The molecule has 2 heterocycles. The number of nitriles is 2. The molecule has 0 bridgehead atoms. The molecule has 0 amide bonds. The van der Waals surface area contributed by atoms with Crippen LogP contribution in [0.25, 0.3) is 95.0 Å². The lowest BCUT2D eigenvalue weighted by Gasteiger charge is -2.18. The smallest absolute Gasteiger partial charge is 0.308 e. The highest BCUT2D eigenvalue weighted by atomic mass is 19.4. The average molecular weight is 889 g/mol. The van der Waals surface area contributed by atoms with E-state index in [9.17, 15) is 36.9 Å². The third-order valence-corrected chi connectivity index (χ3v) is 11.5. The fraction of sp³-hybridized carbons (Fsp3) is 0.0364. The predicted octanol–water partition coefficient (Wildman–Crippen LogP) is 14.8. The van der Waals surface area contributed by atoms with Crippen molar-refractivity contribution < 1.29 is 26.3 Å². The summed E-state index contributed by atoms with van der Waals surface area (Å²) < 4.78 is 87.8. The van der Waals surface area contributed by atoms with Gasteiger partial charge in [0.1, 0.15) is 0 Å². The van der Waals surface area contributed by atoms with E-state index >= 15 is 0 Å². The number of hydrogen-bond acceptors (Lipinski definition) is 5. The van der Waals surface area contributed by atoms with Crippen LogP contribution in [0.3, 0.4) is 0 Å². The Kier molecular flexibility index (Phi) is 10.4. The van der Waals surface area contributed by atoms with Crippen LogP contribution in [0, 0.1) is 22.7 Å². The Bertz CT molecular complexity index is 3440. The Morgan fingerprint density at radius 2 is 0.791 bits per heavy atom. The summed E-state index contributed by atoms with van der Waals surface area (Å²) in [4.78, 5) is 14.8. The van der Waals surface area contributed by atoms with E-state index < -0.39 is 23.5 Å². The van der Waals surface area contributed by atoms with Crippen molar-refractivity contribution in [2.24, 2.45) is 0 Å². The molecule has 2 aromatic heterocycles. The van der Waals surface area contributed by atoms with Crippen molar-refractivity contribution in [3.8, 4) is 85.4 Å². The van der Waals surface area contributed by atoms with Crippen LogP contribution in [-0.4, -0.2) is 19.5 Å². The lowest BCUT2D eigenvalue weighted by Crippen LogP contribution is -2.11. The topological polar surface area (TPSA) is 91.2 Å². The first kappa shape index (κ1) is 42.1. The molecule has 0 aliphatic heterocycles. The highest BCUT2D eigenvalue weighted by Crippen LogP contribution is 2.43. The quantitative estimate of drug-likeness (QED) is 0.149. The van der Waals surface area contributed by atoms with Gasteiger partial charge in [0.2, 0.25) is 0 Å². The van der Waals surface area contributed by atoms with E-state index in [0.29, 0.717) is 68.3 Å². The maximum Gasteiger partial charge on any atom is 0.416 e. The molecule has 322 valence electrons. The van der Waals surface area contributed by atoms with Gasteiger partial charge in [-0.05, 0) is 112 Å². The number of nitrogens with zero attached hydrogens (tertiary/aromatic N) is 6. The second-order valence-corrected chi connectivity index (χ2v) is 15.7. The molecule has 12 heteroatoms. The molecule has 0 fully saturated rings. The molecule has 0 spiro atoms. The van der Waals surface area contributed by atoms with Crippen molar-refractivity contribution in [2.75, 3.05) is 0 Å². The fourth-order valence-corrected chi connectivity index (χ4v) is 8.31. The lowest BCUT2D eigenvalue weighted by molar-refractivity contribution is -0.143. The van der Waals surface area contributed by atoms with Crippen molar-refractivity contribution in [2.45, 2.75) is 12.4 Å². The molecular formula is C55H30F6N6. The monoisotopic (exact) mass is 888 g/mol. The molecule has 0 atom stereocenters. The van der Waals surface area contributed by atoms with Gasteiger partial charge in [-0.3, -0.25) is 0 Å². The van der Waals surface area contributed by atoms with Crippen LogP contribution in [0.4, 0.5) is 26.3 Å². The average Bonchev–Trinajstić information content (AvgIpc) is 3.68. The zero-order chi connectivity index (χ0) is 46.5. The minimum Gasteiger partial charge on any atom is -0.308 e. The van der Waals surface area contributed by atoms with Gasteiger partial charge >= 0.3 is 12.4 Å². The lowest BCUT2D eigenvalue weighted by atomic mass is 9.97. The van der Waals surface area contributed by atoms with Crippen LogP contribution < -0.4 is 0 Å². The summed E-state index contributed by atoms with van der Waals surface area (Å²) in [6.45, 7) is 0. The number of alkyl halides is 6. The minimum atomic E-state index is -5.08. The summed E-state index contributed by atoms with van der Waals surface area (Å²) >= 11 is 0. The van der Waals surface area contributed by atoms with Crippen LogP contribution in [0.1, 0.15) is 22.3 Å². The van der Waals surface area contributed by atoms with Gasteiger partial charge in [-0.25, -0.2) is 15.0 Å². The first-order valence-corrected chi connectivity index (χ1v) is 20.8. The van der Waals surface area contributed by atoms with Gasteiger partial charge in [0.15, 0.2) is 17.5 Å². The number of benzene rings is 8. The SMILES string of the molecule is N#Cc1cccc(-c2ccc3c(c2)c2cc(-c4cccc(C#N)c4)ccc2n3-c2cc(-c3cc(C(F)(F)F)cc(C(F)(F)F)c3)ccc2-c2nc(-c3ccccc3)nc(-c3ccccc3)n2)c1. The zero-order valence-corrected chi connectivity index (χ0v) is 34.8. The van der Waals surface area contributed by atoms with E-state index in [1.807, 2.05) is 114 Å². The van der Waals surface area contributed by atoms with E-state index in [1.165, 1.54) is 6.07 Å². The molecule has 10 rings (SSSR count). The third kappa shape index (κ3) is 8.13. The van der Waals surface area contributed by atoms with Crippen LogP contribution in [0.2, 0.25) is 0 Å². The van der Waals surface area contributed by atoms with Crippen molar-refractivity contribution in [1.29, 1.82) is 10.5 Å². The van der Waals surface area contributed by atoms with E-state index in [0.717, 1.165) is 33.0 Å². The third-order valence-electron chi connectivity index (χ3n) is 11.5. The molecule has 0 aliphatic rings. The van der Waals surface area contributed by atoms with Crippen molar-refractivity contribution in [1.82, 2.24) is 19.5 Å². The first-order chi connectivity index (χ1) is 32.3. The highest BCUT2D eigenvalue weighted by molar-refractivity contribution is 6.12. The second kappa shape index (κ2) is 16.6. The summed E-state index contributed by atoms with van der Waals surface area (Å²) in [5, 5.41) is 20.9. The van der Waals surface area contributed by atoms with E-state index in [-0.39, 0.29) is 23.0 Å². The molecule has 67 heavy (non-hydrogen) atoms. The van der Waals surface area contributed by atoms with Crippen molar-refractivity contribution in [3.63, 3.8) is 0 Å². The van der Waals surface area contributed by atoms with Gasteiger partial charge in [0.25, 0.3) is 0 Å². The fourth-order valence-electron chi connectivity index (χ4n) is 8.31. The van der Waals surface area contributed by atoms with Gasteiger partial charge in [0, 0.05) is 27.5 Å². The van der Waals surface area contributed by atoms with Gasteiger partial charge in [-0.1, -0.05) is 103 Å². The largest absolute Gasteiger partial charge is 0.416 e. The molecule has 6 nitrogen and oxygen atoms in total. The highest BCUT2D eigenvalue weighted by Gasteiger charge is 2.37. The minimum absolute atomic E-state index is 0.0702. The Morgan fingerprint density at radius 3 is 1.25 bits per heavy atom. The molecule has 0 radical (unpaired) electrons. The Labute approximate surface area is 379 Å². The van der Waals surface area contributed by atoms with E-state index in [2.05, 4.69) is 12.1 Å². The first-order valence-electron chi connectivity index (χ1n) is 20.8. The molecule has 8 aromatic carbocycles.